The maximum absolute atomic E-state index is 8.85. The minimum atomic E-state index is -1.87. The Morgan fingerprint density at radius 2 is 1.71 bits per heavy atom. The Bertz CT molecular complexity index is 57.2. The van der Waals surface area contributed by atoms with Crippen LogP contribution in [-0.2, 0) is 0 Å². The van der Waals surface area contributed by atoms with Crippen LogP contribution in [0.4, 0.5) is 0 Å². The van der Waals surface area contributed by atoms with E-state index in [1.807, 2.05) is 13.1 Å². The Morgan fingerprint density at radius 1 is 1.57 bits per heavy atom. The zero-order valence-corrected chi connectivity index (χ0v) is 5.81. The van der Waals surface area contributed by atoms with E-state index >= 15 is 0 Å². The van der Waals surface area contributed by atoms with E-state index in [1.54, 1.807) is 5.70 Å². The summed E-state index contributed by atoms with van der Waals surface area (Å²) < 4.78 is 0. The molecule has 3 radical (unpaired) electrons. The minimum Gasteiger partial charge on any atom is -0.428 e. The van der Waals surface area contributed by atoms with Gasteiger partial charge >= 0.3 is 0 Å². The average molecular weight is 113 g/mol. The SMILES string of the molecule is C=C[Si](C)(C)O.[B]. The van der Waals surface area contributed by atoms with Crippen LogP contribution in [0.15, 0.2) is 12.3 Å². The predicted molar refractivity (Wildman–Crippen MR) is 35.7 cm³/mol. The van der Waals surface area contributed by atoms with Crippen molar-refractivity contribution in [1.29, 1.82) is 0 Å². The van der Waals surface area contributed by atoms with Crippen LogP contribution in [0.5, 0.6) is 0 Å². The lowest BCUT2D eigenvalue weighted by Gasteiger charge is -2.02. The Labute approximate surface area is 47.8 Å². The van der Waals surface area contributed by atoms with Crippen LogP contribution in [0.25, 0.3) is 0 Å². The molecule has 39 valence electrons. The monoisotopic (exact) mass is 113 g/mol. The van der Waals surface area contributed by atoms with Gasteiger partial charge in [0.2, 0.25) is 8.32 Å². The van der Waals surface area contributed by atoms with Gasteiger partial charge in [-0.1, -0.05) is 5.70 Å². The first kappa shape index (κ1) is 10.1. The van der Waals surface area contributed by atoms with Gasteiger partial charge in [0.05, 0.1) is 0 Å². The third kappa shape index (κ3) is 10.7. The van der Waals surface area contributed by atoms with Gasteiger partial charge < -0.3 is 4.80 Å². The normalized spacial score (nSPS) is 9.57. The summed E-state index contributed by atoms with van der Waals surface area (Å²) in [6.07, 6.45) is 0. The van der Waals surface area contributed by atoms with Crippen molar-refractivity contribution in [2.24, 2.45) is 0 Å². The standard InChI is InChI=1S/C4H10OSi.B/c1-4-6(2,3)5;/h4-5H,1H2,2-3H3;. The molecule has 3 heteroatoms. The van der Waals surface area contributed by atoms with E-state index in [4.69, 9.17) is 4.80 Å². The second-order valence-corrected chi connectivity index (χ2v) is 5.57. The summed E-state index contributed by atoms with van der Waals surface area (Å²) in [7, 11) is -1.87. The van der Waals surface area contributed by atoms with Gasteiger partial charge in [-0.15, -0.1) is 6.58 Å². The van der Waals surface area contributed by atoms with Crippen molar-refractivity contribution in [2.75, 3.05) is 0 Å². The second kappa shape index (κ2) is 3.05. The predicted octanol–water partition coefficient (Wildman–Crippen LogP) is 0.528. The van der Waals surface area contributed by atoms with Crippen molar-refractivity contribution in [2.45, 2.75) is 13.1 Å². The fourth-order valence-corrected chi connectivity index (χ4v) is 0. The zero-order chi connectivity index (χ0) is 5.21. The highest BCUT2D eigenvalue weighted by atomic mass is 28.4. The molecule has 0 aromatic carbocycles. The van der Waals surface area contributed by atoms with Crippen LogP contribution in [0.3, 0.4) is 0 Å². The highest BCUT2D eigenvalue weighted by Gasteiger charge is 2.07. The number of hydrogen-bond donors (Lipinski definition) is 1. The van der Waals surface area contributed by atoms with Crippen LogP contribution >= 0.6 is 0 Å². The summed E-state index contributed by atoms with van der Waals surface area (Å²) in [6, 6.07) is 0. The molecular weight excluding hydrogens is 103 g/mol. The van der Waals surface area contributed by atoms with E-state index in [9.17, 15) is 0 Å². The van der Waals surface area contributed by atoms with Gasteiger partial charge in [-0.05, 0) is 13.1 Å². The average Bonchev–Trinajstić information content (AvgIpc) is 1.35. The summed E-state index contributed by atoms with van der Waals surface area (Å²) in [5.41, 5.74) is 1.63. The lowest BCUT2D eigenvalue weighted by Crippen LogP contribution is -2.20. The Kier molecular flexibility index (Phi) is 4.38. The van der Waals surface area contributed by atoms with Crippen LogP contribution in [-0.4, -0.2) is 21.5 Å². The fraction of sp³-hybridized carbons (Fsp3) is 0.500. The van der Waals surface area contributed by atoms with Crippen LogP contribution in [0.2, 0.25) is 13.1 Å². The lowest BCUT2D eigenvalue weighted by atomic mass is 10.8. The topological polar surface area (TPSA) is 20.2 Å². The van der Waals surface area contributed by atoms with Crippen molar-refractivity contribution in [3.8, 4) is 0 Å². The number of rotatable bonds is 1. The first-order valence-corrected chi connectivity index (χ1v) is 4.95. The van der Waals surface area contributed by atoms with E-state index in [2.05, 4.69) is 6.58 Å². The van der Waals surface area contributed by atoms with E-state index in [0.717, 1.165) is 0 Å². The van der Waals surface area contributed by atoms with Gasteiger partial charge in [0, 0.05) is 8.41 Å². The number of hydrogen-bond acceptors (Lipinski definition) is 1. The molecule has 0 aromatic heterocycles. The molecule has 0 unspecified atom stereocenters. The first-order chi connectivity index (χ1) is 2.56. The first-order valence-electron chi connectivity index (χ1n) is 1.92. The summed E-state index contributed by atoms with van der Waals surface area (Å²) in [5, 5.41) is 0. The molecule has 0 spiro atoms. The molecular formula is C4H10BOSi. The molecule has 0 aliphatic heterocycles. The van der Waals surface area contributed by atoms with Gasteiger partial charge in [-0.2, -0.15) is 0 Å². The maximum atomic E-state index is 8.85. The van der Waals surface area contributed by atoms with E-state index in [0.29, 0.717) is 0 Å². The molecule has 0 atom stereocenters. The van der Waals surface area contributed by atoms with Crippen LogP contribution in [0.1, 0.15) is 0 Å². The van der Waals surface area contributed by atoms with Gasteiger partial charge in [-0.3, -0.25) is 0 Å². The van der Waals surface area contributed by atoms with Crippen molar-refractivity contribution in [1.82, 2.24) is 0 Å². The fourth-order valence-electron chi connectivity index (χ4n) is 0. The highest BCUT2D eigenvalue weighted by molar-refractivity contribution is 6.74. The van der Waals surface area contributed by atoms with Gasteiger partial charge in [0.15, 0.2) is 0 Å². The maximum Gasteiger partial charge on any atom is 0.206 e. The Hall–Kier alpha value is -0.0182. The summed E-state index contributed by atoms with van der Waals surface area (Å²) in [5.74, 6) is 0. The van der Waals surface area contributed by atoms with Gasteiger partial charge in [-0.25, -0.2) is 0 Å². The largest absolute Gasteiger partial charge is 0.428 e. The Balaban J connectivity index is 0. The molecule has 0 saturated carbocycles. The molecule has 1 nitrogen and oxygen atoms in total. The highest BCUT2D eigenvalue weighted by Crippen LogP contribution is 1.92. The quantitative estimate of drug-likeness (QED) is 0.491. The molecule has 0 rings (SSSR count). The molecule has 0 bridgehead atoms. The lowest BCUT2D eigenvalue weighted by molar-refractivity contribution is 0.567. The zero-order valence-electron chi connectivity index (χ0n) is 4.81. The van der Waals surface area contributed by atoms with Crippen LogP contribution < -0.4 is 0 Å². The van der Waals surface area contributed by atoms with Crippen molar-refractivity contribution >= 4 is 16.7 Å². The molecule has 0 saturated heterocycles. The van der Waals surface area contributed by atoms with Crippen molar-refractivity contribution in [3.05, 3.63) is 12.3 Å². The van der Waals surface area contributed by atoms with Crippen LogP contribution in [0, 0.1) is 0 Å². The second-order valence-electron chi connectivity index (χ2n) is 1.86. The van der Waals surface area contributed by atoms with E-state index < -0.39 is 8.32 Å². The molecule has 0 fully saturated rings. The third-order valence-corrected chi connectivity index (χ3v) is 1.50. The molecule has 0 heterocycles. The van der Waals surface area contributed by atoms with Gasteiger partial charge in [0.25, 0.3) is 0 Å². The molecule has 1 N–H and O–H groups in total. The Morgan fingerprint density at radius 3 is 1.71 bits per heavy atom. The van der Waals surface area contributed by atoms with E-state index in [1.165, 1.54) is 0 Å². The summed E-state index contributed by atoms with van der Waals surface area (Å²) >= 11 is 0. The summed E-state index contributed by atoms with van der Waals surface area (Å²) in [4.78, 5) is 8.85. The minimum absolute atomic E-state index is 0. The molecule has 0 aliphatic rings. The molecule has 0 amide bonds. The molecule has 0 aliphatic carbocycles. The van der Waals surface area contributed by atoms with Crippen molar-refractivity contribution in [3.63, 3.8) is 0 Å². The molecule has 7 heavy (non-hydrogen) atoms. The third-order valence-electron chi connectivity index (χ3n) is 0.500. The summed E-state index contributed by atoms with van der Waals surface area (Å²) in [6.45, 7) is 7.08. The van der Waals surface area contributed by atoms with Crippen molar-refractivity contribution < 1.29 is 4.80 Å². The smallest absolute Gasteiger partial charge is 0.206 e. The van der Waals surface area contributed by atoms with Gasteiger partial charge in [0.1, 0.15) is 0 Å². The molecule has 0 aromatic rings. The van der Waals surface area contributed by atoms with E-state index in [-0.39, 0.29) is 8.41 Å².